The van der Waals surface area contributed by atoms with Gasteiger partial charge in [0.15, 0.2) is 5.43 Å². The molecule has 0 saturated carbocycles. The zero-order valence-corrected chi connectivity index (χ0v) is 17.1. The minimum atomic E-state index is -0.581. The van der Waals surface area contributed by atoms with Crippen molar-refractivity contribution >= 4 is 11.0 Å². The van der Waals surface area contributed by atoms with Gasteiger partial charge in [-0.05, 0) is 30.8 Å². The molecule has 0 aliphatic carbocycles. The van der Waals surface area contributed by atoms with Gasteiger partial charge in [0.2, 0.25) is 0 Å². The van der Waals surface area contributed by atoms with E-state index in [1.165, 1.54) is 16.7 Å². The number of fused-ring (bicyclic) bond motifs is 1. The highest BCUT2D eigenvalue weighted by Crippen LogP contribution is 2.14. The van der Waals surface area contributed by atoms with E-state index in [2.05, 4.69) is 25.2 Å². The van der Waals surface area contributed by atoms with Crippen molar-refractivity contribution in [2.45, 2.75) is 58.7 Å². The standard InChI is InChI=1S/C21H29N5O3/c1-4-7-10-16-15-17(27)18-19(24(16)14-9-8-11-23-22)25(12-5-2)21(29)26(13-6-3)20(18)28/h5-6,15,22H,2-4,7-14H2,1H3/p+1. The van der Waals surface area contributed by atoms with Crippen molar-refractivity contribution in [3.05, 3.63) is 68.1 Å². The molecule has 0 spiro atoms. The summed E-state index contributed by atoms with van der Waals surface area (Å²) in [6, 6.07) is 1.54. The zero-order valence-electron chi connectivity index (χ0n) is 17.1. The Morgan fingerprint density at radius 3 is 2.34 bits per heavy atom. The predicted octanol–water partition coefficient (Wildman–Crippen LogP) is 1.03. The van der Waals surface area contributed by atoms with Crippen LogP contribution in [0.1, 0.15) is 38.3 Å². The maximum Gasteiger partial charge on any atom is 0.333 e. The Balaban J connectivity index is 2.90. The molecule has 0 aromatic carbocycles. The smallest absolute Gasteiger partial charge is 0.331 e. The van der Waals surface area contributed by atoms with Crippen LogP contribution in [0.15, 0.2) is 50.9 Å². The summed E-state index contributed by atoms with van der Waals surface area (Å²) in [5, 5.41) is 3.66. The molecule has 0 aliphatic rings. The Hall–Kier alpha value is -3.03. The van der Waals surface area contributed by atoms with Crippen LogP contribution in [0.25, 0.3) is 11.0 Å². The van der Waals surface area contributed by atoms with Crippen LogP contribution in [0.2, 0.25) is 0 Å². The summed E-state index contributed by atoms with van der Waals surface area (Å²) >= 11 is 0. The molecule has 8 nitrogen and oxygen atoms in total. The van der Waals surface area contributed by atoms with Gasteiger partial charge in [0, 0.05) is 31.4 Å². The maximum absolute atomic E-state index is 13.0. The summed E-state index contributed by atoms with van der Waals surface area (Å²) in [5.41, 5.74) is 5.01. The fraction of sp³-hybridized carbons (Fsp3) is 0.476. The Bertz CT molecular complexity index is 1070. The van der Waals surface area contributed by atoms with Crippen molar-refractivity contribution in [2.24, 2.45) is 5.11 Å². The molecule has 0 unspecified atom stereocenters. The van der Waals surface area contributed by atoms with Gasteiger partial charge >= 0.3 is 5.69 Å². The number of hydrogen-bond acceptors (Lipinski definition) is 4. The molecule has 156 valence electrons. The van der Waals surface area contributed by atoms with Crippen molar-refractivity contribution in [1.29, 1.82) is 0 Å². The average Bonchev–Trinajstić information content (AvgIpc) is 2.70. The number of unbranched alkanes of at least 4 members (excludes halogenated alkanes) is 2. The van der Waals surface area contributed by atoms with Gasteiger partial charge < -0.3 is 4.57 Å². The molecule has 0 atom stereocenters. The van der Waals surface area contributed by atoms with Crippen LogP contribution in [0.5, 0.6) is 0 Å². The van der Waals surface area contributed by atoms with E-state index in [9.17, 15) is 14.4 Å². The molecule has 2 aromatic heterocycles. The molecular weight excluding hydrogens is 370 g/mol. The number of nitrogens with two attached hydrogens (primary N) is 1. The van der Waals surface area contributed by atoms with E-state index in [0.29, 0.717) is 25.2 Å². The molecule has 2 rings (SSSR count). The van der Waals surface area contributed by atoms with Crippen LogP contribution < -0.4 is 22.2 Å². The molecular formula is C21H30N5O3+. The second-order valence-electron chi connectivity index (χ2n) is 6.95. The monoisotopic (exact) mass is 400 g/mol. The third-order valence-electron chi connectivity index (χ3n) is 4.88. The molecule has 0 fully saturated rings. The van der Waals surface area contributed by atoms with Gasteiger partial charge in [-0.3, -0.25) is 18.7 Å². The lowest BCUT2D eigenvalue weighted by atomic mass is 10.1. The fourth-order valence-electron chi connectivity index (χ4n) is 3.49. The topological polar surface area (TPSA) is 104 Å². The van der Waals surface area contributed by atoms with Crippen molar-refractivity contribution in [1.82, 2.24) is 13.7 Å². The van der Waals surface area contributed by atoms with Crippen LogP contribution >= 0.6 is 0 Å². The number of aryl methyl sites for hydroxylation is 2. The number of rotatable bonds is 12. The van der Waals surface area contributed by atoms with Crippen LogP contribution in [-0.2, 0) is 26.1 Å². The zero-order chi connectivity index (χ0) is 21.4. The molecule has 0 bridgehead atoms. The normalized spacial score (nSPS) is 10.9. The Kier molecular flexibility index (Phi) is 8.06. The third kappa shape index (κ3) is 4.70. The largest absolute Gasteiger partial charge is 0.333 e. The average molecular weight is 401 g/mol. The number of aromatic nitrogens is 3. The Morgan fingerprint density at radius 1 is 1.03 bits per heavy atom. The molecule has 29 heavy (non-hydrogen) atoms. The highest BCUT2D eigenvalue weighted by Gasteiger charge is 2.19. The SMILES string of the molecule is C=CCn1c(=O)c2c(=O)cc(CCCC)n(CCCCN=[NH2+])c2n(CC=C)c1=O. The molecule has 0 radical (unpaired) electrons. The van der Waals surface area contributed by atoms with Crippen molar-refractivity contribution in [3.63, 3.8) is 0 Å². The van der Waals surface area contributed by atoms with E-state index in [-0.39, 0.29) is 23.9 Å². The van der Waals surface area contributed by atoms with E-state index in [1.54, 1.807) is 6.08 Å². The lowest BCUT2D eigenvalue weighted by molar-refractivity contribution is -0.222. The molecule has 8 heteroatoms. The van der Waals surface area contributed by atoms with Crippen molar-refractivity contribution in [2.75, 3.05) is 6.54 Å². The highest BCUT2D eigenvalue weighted by molar-refractivity contribution is 5.75. The molecule has 0 saturated heterocycles. The quantitative estimate of drug-likeness (QED) is 0.327. The van der Waals surface area contributed by atoms with Crippen LogP contribution in [0, 0.1) is 0 Å². The summed E-state index contributed by atoms with van der Waals surface area (Å²) in [6.45, 7) is 10.8. The number of allylic oxidation sites excluding steroid dienone is 2. The van der Waals surface area contributed by atoms with E-state index < -0.39 is 11.2 Å². The highest BCUT2D eigenvalue weighted by atomic mass is 16.2. The Morgan fingerprint density at radius 2 is 1.72 bits per heavy atom. The molecule has 0 amide bonds. The van der Waals surface area contributed by atoms with Gasteiger partial charge in [-0.2, -0.15) is 5.53 Å². The van der Waals surface area contributed by atoms with Crippen LogP contribution in [-0.4, -0.2) is 20.2 Å². The maximum atomic E-state index is 13.0. The van der Waals surface area contributed by atoms with Gasteiger partial charge in [0.25, 0.3) is 5.56 Å². The molecule has 2 heterocycles. The predicted molar refractivity (Wildman–Crippen MR) is 114 cm³/mol. The first-order valence-corrected chi connectivity index (χ1v) is 10.00. The first kappa shape index (κ1) is 22.3. The van der Waals surface area contributed by atoms with Gasteiger partial charge in [-0.15, -0.1) is 13.2 Å². The summed E-state index contributed by atoms with van der Waals surface area (Å²) in [7, 11) is 0. The van der Waals surface area contributed by atoms with E-state index in [4.69, 9.17) is 5.53 Å². The Labute approximate surface area is 169 Å². The minimum Gasteiger partial charge on any atom is -0.331 e. The fourth-order valence-corrected chi connectivity index (χ4v) is 3.49. The minimum absolute atomic E-state index is 0.0251. The summed E-state index contributed by atoms with van der Waals surface area (Å²) in [6.07, 6.45) is 7.16. The molecule has 2 N–H and O–H groups in total. The molecule has 2 aromatic rings. The second kappa shape index (κ2) is 10.5. The first-order valence-electron chi connectivity index (χ1n) is 10.00. The van der Waals surface area contributed by atoms with Gasteiger partial charge in [0.05, 0.1) is 0 Å². The molecule has 0 aliphatic heterocycles. The number of nitrogens with zero attached hydrogens (tertiary/aromatic N) is 4. The van der Waals surface area contributed by atoms with E-state index >= 15 is 0 Å². The second-order valence-corrected chi connectivity index (χ2v) is 6.95. The summed E-state index contributed by atoms with van der Waals surface area (Å²) in [5.74, 6) is 0. The van der Waals surface area contributed by atoms with Crippen molar-refractivity contribution in [3.8, 4) is 0 Å². The number of pyridine rings is 1. The van der Waals surface area contributed by atoms with Gasteiger partial charge in [-0.1, -0.05) is 25.5 Å². The number of hydrogen-bond donors (Lipinski definition) is 1. The lowest BCUT2D eigenvalue weighted by Gasteiger charge is -2.20. The van der Waals surface area contributed by atoms with E-state index in [1.807, 2.05) is 4.57 Å². The van der Waals surface area contributed by atoms with Gasteiger partial charge in [-0.25, -0.2) is 4.79 Å². The van der Waals surface area contributed by atoms with Gasteiger partial charge in [0.1, 0.15) is 17.6 Å². The summed E-state index contributed by atoms with van der Waals surface area (Å²) < 4.78 is 4.44. The van der Waals surface area contributed by atoms with Crippen LogP contribution in [0.4, 0.5) is 0 Å². The van der Waals surface area contributed by atoms with E-state index in [0.717, 1.165) is 35.9 Å². The van der Waals surface area contributed by atoms with Crippen LogP contribution in [0.3, 0.4) is 0 Å². The first-order chi connectivity index (χ1) is 14.0. The lowest BCUT2D eigenvalue weighted by Crippen LogP contribution is -2.43. The third-order valence-corrected chi connectivity index (χ3v) is 4.88. The summed E-state index contributed by atoms with van der Waals surface area (Å²) in [4.78, 5) is 38.9. The van der Waals surface area contributed by atoms with Crippen molar-refractivity contribution < 1.29 is 5.53 Å².